The summed E-state index contributed by atoms with van der Waals surface area (Å²) in [6.45, 7) is 0. The van der Waals surface area contributed by atoms with Crippen LogP contribution in [-0.4, -0.2) is 19.9 Å². The molecule has 0 amide bonds. The van der Waals surface area contributed by atoms with Crippen molar-refractivity contribution < 1.29 is 0 Å². The van der Waals surface area contributed by atoms with E-state index in [1.807, 2.05) is 0 Å². The Labute approximate surface area is 279 Å². The SMILES string of the molecule is C1=CC2CCC1c1c3[nH]c(c12)C=c1[nH]c(c2c1C1C=CC2CC1)=Cc1[nH]c(c2c1C1C=CC2CC1)C=c1[nH]c(c2c1C1C=CC2CC1)=C3. The summed E-state index contributed by atoms with van der Waals surface area (Å²) >= 11 is 0. The van der Waals surface area contributed by atoms with E-state index in [1.54, 1.807) is 44.5 Å². The molecule has 13 aliphatic rings. The van der Waals surface area contributed by atoms with Gasteiger partial charge in [-0.1, -0.05) is 48.6 Å². The second-order valence-electron chi connectivity index (χ2n) is 16.4. The van der Waals surface area contributed by atoms with Gasteiger partial charge in [0.15, 0.2) is 0 Å². The second kappa shape index (κ2) is 8.77. The summed E-state index contributed by atoms with van der Waals surface area (Å²) in [6, 6.07) is 0. The number of aromatic nitrogens is 4. The van der Waals surface area contributed by atoms with Crippen LogP contribution < -0.4 is 21.4 Å². The molecular formula is C44H40N4. The van der Waals surface area contributed by atoms with Crippen molar-refractivity contribution in [1.82, 2.24) is 19.9 Å². The van der Waals surface area contributed by atoms with Gasteiger partial charge in [-0.25, -0.2) is 0 Å². The minimum Gasteiger partial charge on any atom is -0.355 e. The van der Waals surface area contributed by atoms with Crippen LogP contribution in [0.4, 0.5) is 0 Å². The molecule has 17 rings (SSSR count). The normalized spacial score (nSPS) is 32.7. The number of hydrogen-bond acceptors (Lipinski definition) is 0. The molecule has 0 fully saturated rings. The van der Waals surface area contributed by atoms with Crippen molar-refractivity contribution in [2.75, 3.05) is 0 Å². The molecule has 48 heavy (non-hydrogen) atoms. The standard InChI is InChI=1S/C44H40N4/c1-2-22-4-3-21(1)37-29-17-31-39-23-5-7-25(8-6-23)41(39)33(46-31)19-35-43-27-13-15-28(16-14-27)44(43)36(48-35)20-34-42-26-11-9-24(10-12-26)40(42)32(47-34)18-30(45-29)38(22)37/h1-2,5,7,9,11,13,15,17-28,45-48H,3-4,6,8,10,12,14,16H2. The summed E-state index contributed by atoms with van der Waals surface area (Å²) in [5.74, 6) is 3.98. The summed E-state index contributed by atoms with van der Waals surface area (Å²) in [6.07, 6.45) is 40.1. The van der Waals surface area contributed by atoms with E-state index >= 15 is 0 Å². The minimum absolute atomic E-state index is 0.498. The number of fused-ring (bicyclic) bond motifs is 12. The van der Waals surface area contributed by atoms with Gasteiger partial charge in [0.05, 0.1) is 0 Å². The zero-order chi connectivity index (χ0) is 30.8. The van der Waals surface area contributed by atoms with Gasteiger partial charge in [-0.3, -0.25) is 0 Å². The zero-order valence-electron chi connectivity index (χ0n) is 27.2. The molecule has 236 valence electrons. The molecule has 5 heterocycles. The van der Waals surface area contributed by atoms with Crippen LogP contribution in [0, 0.1) is 0 Å². The Kier molecular flexibility index (Phi) is 4.67. The maximum absolute atomic E-state index is 4.08. The zero-order valence-corrected chi connectivity index (χ0v) is 27.2. The number of rotatable bonds is 0. The number of nitrogens with one attached hydrogen (secondary N) is 4. The predicted octanol–water partition coefficient (Wildman–Crippen LogP) is 6.75. The summed E-state index contributed by atoms with van der Waals surface area (Å²) in [5, 5.41) is 5.27. The van der Waals surface area contributed by atoms with Crippen LogP contribution in [0.15, 0.2) is 48.6 Å². The first-order valence-electron chi connectivity index (χ1n) is 18.9. The molecule has 4 heteroatoms. The molecule has 16 bridgehead atoms. The lowest BCUT2D eigenvalue weighted by molar-refractivity contribution is 0.552. The highest BCUT2D eigenvalue weighted by molar-refractivity contribution is 5.71. The number of H-pyrrole nitrogens is 4. The first kappa shape index (κ1) is 25.6. The summed E-state index contributed by atoms with van der Waals surface area (Å²) in [4.78, 5) is 16.3. The largest absolute Gasteiger partial charge is 0.355 e. The third-order valence-electron chi connectivity index (χ3n) is 14.1. The van der Waals surface area contributed by atoms with E-state index in [0.29, 0.717) is 47.3 Å². The van der Waals surface area contributed by atoms with Crippen LogP contribution in [0.5, 0.6) is 0 Å². The van der Waals surface area contributed by atoms with Crippen LogP contribution in [0.3, 0.4) is 0 Å². The lowest BCUT2D eigenvalue weighted by Gasteiger charge is -2.32. The van der Waals surface area contributed by atoms with Crippen molar-refractivity contribution in [1.29, 1.82) is 0 Å². The predicted molar refractivity (Wildman–Crippen MR) is 191 cm³/mol. The maximum Gasteiger partial charge on any atom is 0.0447 e. The molecule has 4 N–H and O–H groups in total. The summed E-state index contributed by atoms with van der Waals surface area (Å²) in [7, 11) is 0. The topological polar surface area (TPSA) is 63.2 Å². The average molecular weight is 625 g/mol. The van der Waals surface area contributed by atoms with E-state index in [1.165, 1.54) is 95.5 Å². The molecule has 1 aliphatic heterocycles. The molecule has 8 unspecified atom stereocenters. The monoisotopic (exact) mass is 624 g/mol. The van der Waals surface area contributed by atoms with Gasteiger partial charge < -0.3 is 19.9 Å². The lowest BCUT2D eigenvalue weighted by Crippen LogP contribution is -2.24. The fourth-order valence-electron chi connectivity index (χ4n) is 12.2. The van der Waals surface area contributed by atoms with Crippen LogP contribution in [0.25, 0.3) is 24.3 Å². The van der Waals surface area contributed by atoms with E-state index in [4.69, 9.17) is 0 Å². The number of aromatic amines is 4. The molecule has 12 aliphatic carbocycles. The molecule has 8 atom stereocenters. The first-order chi connectivity index (χ1) is 23.7. The Bertz CT molecular complexity index is 2190. The van der Waals surface area contributed by atoms with Crippen molar-refractivity contribution in [3.05, 3.63) is 137 Å². The average Bonchev–Trinajstić information content (AvgIpc) is 3.92. The van der Waals surface area contributed by atoms with Crippen molar-refractivity contribution in [3.63, 3.8) is 0 Å². The third kappa shape index (κ3) is 3.14. The van der Waals surface area contributed by atoms with Crippen molar-refractivity contribution >= 4 is 24.3 Å². The van der Waals surface area contributed by atoms with Gasteiger partial charge >= 0.3 is 0 Å². The quantitative estimate of drug-likeness (QED) is 0.138. The number of allylic oxidation sites excluding steroid dienone is 8. The van der Waals surface area contributed by atoms with Crippen LogP contribution >= 0.6 is 0 Å². The van der Waals surface area contributed by atoms with Gasteiger partial charge in [-0.15, -0.1) is 0 Å². The highest BCUT2D eigenvalue weighted by Crippen LogP contribution is 2.51. The molecule has 4 nitrogen and oxygen atoms in total. The highest BCUT2D eigenvalue weighted by atomic mass is 14.8. The van der Waals surface area contributed by atoms with Gasteiger partial charge in [0.2, 0.25) is 0 Å². The van der Waals surface area contributed by atoms with Crippen molar-refractivity contribution in [3.8, 4) is 0 Å². The van der Waals surface area contributed by atoms with Crippen molar-refractivity contribution in [2.45, 2.75) is 98.7 Å². The van der Waals surface area contributed by atoms with E-state index in [2.05, 4.69) is 92.8 Å². The Balaban J connectivity index is 1.18. The van der Waals surface area contributed by atoms with Gasteiger partial charge in [-0.2, -0.15) is 0 Å². The molecule has 0 radical (unpaired) electrons. The molecule has 0 saturated heterocycles. The first-order valence-corrected chi connectivity index (χ1v) is 18.9. The second-order valence-corrected chi connectivity index (χ2v) is 16.4. The smallest absolute Gasteiger partial charge is 0.0447 e. The van der Waals surface area contributed by atoms with Crippen LogP contribution in [0.2, 0.25) is 0 Å². The van der Waals surface area contributed by atoms with Crippen LogP contribution in [0.1, 0.15) is 166 Å². The lowest BCUT2D eigenvalue weighted by atomic mass is 9.70. The molecule has 4 aromatic heterocycles. The number of hydrogen-bond donors (Lipinski definition) is 4. The van der Waals surface area contributed by atoms with Crippen LogP contribution in [-0.2, 0) is 0 Å². The van der Waals surface area contributed by atoms with Gasteiger partial charge in [0.1, 0.15) is 0 Å². The third-order valence-corrected chi connectivity index (χ3v) is 14.1. The molecule has 4 aromatic rings. The van der Waals surface area contributed by atoms with E-state index in [9.17, 15) is 0 Å². The Hall–Kier alpha value is -4.44. The van der Waals surface area contributed by atoms with Gasteiger partial charge in [0.25, 0.3) is 0 Å². The summed E-state index contributed by atoms with van der Waals surface area (Å²) in [5.41, 5.74) is 17.7. The Morgan fingerprint density at radius 2 is 0.479 bits per heavy atom. The van der Waals surface area contributed by atoms with Gasteiger partial charge in [-0.05, 0) is 120 Å². The van der Waals surface area contributed by atoms with E-state index < -0.39 is 0 Å². The Morgan fingerprint density at radius 1 is 0.271 bits per heavy atom. The highest BCUT2D eigenvalue weighted by Gasteiger charge is 2.38. The fraction of sp³-hybridized carbons (Fsp3) is 0.364. The minimum atomic E-state index is 0.498. The molecule has 0 saturated carbocycles. The van der Waals surface area contributed by atoms with Crippen molar-refractivity contribution in [2.24, 2.45) is 0 Å². The van der Waals surface area contributed by atoms with E-state index in [-0.39, 0.29) is 0 Å². The van der Waals surface area contributed by atoms with E-state index in [0.717, 1.165) is 0 Å². The Morgan fingerprint density at radius 3 is 0.688 bits per heavy atom. The molecule has 0 spiro atoms. The maximum atomic E-state index is 4.08. The fourth-order valence-corrected chi connectivity index (χ4v) is 12.2. The summed E-state index contributed by atoms with van der Waals surface area (Å²) < 4.78 is 0. The molecular weight excluding hydrogens is 585 g/mol. The molecule has 0 aromatic carbocycles. The van der Waals surface area contributed by atoms with Gasteiger partial charge in [0, 0.05) is 91.5 Å².